The molecular formula is C8H15N3O3S. The van der Waals surface area contributed by atoms with E-state index in [1.807, 2.05) is 0 Å². The van der Waals surface area contributed by atoms with Gasteiger partial charge in [0.25, 0.3) is 0 Å². The van der Waals surface area contributed by atoms with Crippen molar-refractivity contribution in [3.8, 4) is 0 Å². The number of nitrogens with two attached hydrogens (primary N) is 1. The average molecular weight is 233 g/mol. The molecule has 0 saturated heterocycles. The topological polar surface area (TPSA) is 105 Å². The molecule has 0 aliphatic rings. The lowest BCUT2D eigenvalue weighted by molar-refractivity contribution is 0.0615. The van der Waals surface area contributed by atoms with Crippen LogP contribution in [0.5, 0.6) is 0 Å². The Bertz CT molecular complexity index is 325. The molecule has 5 N–H and O–H groups in total. The van der Waals surface area contributed by atoms with Gasteiger partial charge in [-0.1, -0.05) is 0 Å². The first-order valence-electron chi connectivity index (χ1n) is 4.40. The number of nitrogens with zero attached hydrogens (tertiary/aromatic N) is 2. The summed E-state index contributed by atoms with van der Waals surface area (Å²) in [4.78, 5) is 0. The lowest BCUT2D eigenvalue weighted by Gasteiger charge is -2.27. The van der Waals surface area contributed by atoms with E-state index in [0.717, 1.165) is 11.9 Å². The Morgan fingerprint density at radius 2 is 2.07 bits per heavy atom. The van der Waals surface area contributed by atoms with Gasteiger partial charge in [0.05, 0.1) is 25.5 Å². The van der Waals surface area contributed by atoms with Crippen molar-refractivity contribution in [2.45, 2.75) is 24.1 Å². The highest BCUT2D eigenvalue weighted by molar-refractivity contribution is 7.97. The second-order valence-electron chi connectivity index (χ2n) is 3.47. The van der Waals surface area contributed by atoms with E-state index in [1.165, 1.54) is 4.68 Å². The SMILES string of the molecule is CC(CO)(CO)n1nc(SN)cc1CO. The van der Waals surface area contributed by atoms with Crippen molar-refractivity contribution in [1.82, 2.24) is 9.78 Å². The smallest absolute Gasteiger partial charge is 0.133 e. The predicted molar refractivity (Wildman–Crippen MR) is 56.0 cm³/mol. The van der Waals surface area contributed by atoms with Gasteiger partial charge in [0.1, 0.15) is 10.6 Å². The van der Waals surface area contributed by atoms with E-state index in [0.29, 0.717) is 10.7 Å². The normalized spacial score (nSPS) is 12.1. The molecule has 0 aliphatic carbocycles. The summed E-state index contributed by atoms with van der Waals surface area (Å²) in [6, 6.07) is 1.62. The standard InChI is InChI=1S/C8H15N3O3S/c1-8(4-13,5-14)11-6(3-12)2-7(10-11)15-9/h2,12-14H,3-5,9H2,1H3. The molecule has 0 fully saturated rings. The van der Waals surface area contributed by atoms with E-state index in [-0.39, 0.29) is 19.8 Å². The zero-order valence-corrected chi connectivity index (χ0v) is 9.24. The summed E-state index contributed by atoms with van der Waals surface area (Å²) in [5.41, 5.74) is -0.417. The third-order valence-electron chi connectivity index (χ3n) is 2.24. The fourth-order valence-corrected chi connectivity index (χ4v) is 1.55. The minimum atomic E-state index is -0.925. The Hall–Kier alpha value is -0.600. The van der Waals surface area contributed by atoms with Crippen LogP contribution in [-0.4, -0.2) is 38.3 Å². The van der Waals surface area contributed by atoms with E-state index in [4.69, 9.17) is 10.2 Å². The second kappa shape index (κ2) is 4.95. The molecule has 0 radical (unpaired) electrons. The van der Waals surface area contributed by atoms with Crippen molar-refractivity contribution in [1.29, 1.82) is 0 Å². The Balaban J connectivity index is 3.15. The van der Waals surface area contributed by atoms with Gasteiger partial charge in [-0.25, -0.2) is 0 Å². The molecule has 0 unspecified atom stereocenters. The molecule has 0 amide bonds. The minimum absolute atomic E-state index is 0.219. The number of hydrogen-bond acceptors (Lipinski definition) is 6. The van der Waals surface area contributed by atoms with Crippen LogP contribution in [0, 0.1) is 0 Å². The van der Waals surface area contributed by atoms with Gasteiger partial charge in [-0.3, -0.25) is 9.82 Å². The monoisotopic (exact) mass is 233 g/mol. The number of rotatable bonds is 5. The number of aromatic nitrogens is 2. The molecular weight excluding hydrogens is 218 g/mol. The van der Waals surface area contributed by atoms with Crippen LogP contribution in [0.2, 0.25) is 0 Å². The van der Waals surface area contributed by atoms with Crippen molar-refractivity contribution in [3.05, 3.63) is 11.8 Å². The third kappa shape index (κ3) is 2.32. The summed E-state index contributed by atoms with van der Waals surface area (Å²) in [7, 11) is 0. The maximum Gasteiger partial charge on any atom is 0.133 e. The maximum atomic E-state index is 9.20. The van der Waals surface area contributed by atoms with E-state index in [1.54, 1.807) is 13.0 Å². The third-order valence-corrected chi connectivity index (χ3v) is 2.68. The largest absolute Gasteiger partial charge is 0.394 e. The fourth-order valence-electron chi connectivity index (χ4n) is 1.22. The summed E-state index contributed by atoms with van der Waals surface area (Å²) in [6.07, 6.45) is 0. The zero-order valence-electron chi connectivity index (χ0n) is 8.42. The van der Waals surface area contributed by atoms with Crippen molar-refractivity contribution >= 4 is 11.9 Å². The van der Waals surface area contributed by atoms with Gasteiger partial charge in [-0.05, 0) is 24.9 Å². The maximum absolute atomic E-state index is 9.20. The van der Waals surface area contributed by atoms with Gasteiger partial charge >= 0.3 is 0 Å². The highest BCUT2D eigenvalue weighted by atomic mass is 32.2. The van der Waals surface area contributed by atoms with Crippen molar-refractivity contribution in [3.63, 3.8) is 0 Å². The van der Waals surface area contributed by atoms with Crippen LogP contribution < -0.4 is 5.14 Å². The first-order chi connectivity index (χ1) is 7.11. The summed E-state index contributed by atoms with van der Waals surface area (Å²) in [5, 5.41) is 37.5. The van der Waals surface area contributed by atoms with Crippen LogP contribution in [0.15, 0.2) is 11.1 Å². The Morgan fingerprint density at radius 3 is 2.47 bits per heavy atom. The van der Waals surface area contributed by atoms with Crippen LogP contribution in [0.3, 0.4) is 0 Å². The van der Waals surface area contributed by atoms with Gasteiger partial charge in [0.15, 0.2) is 0 Å². The van der Waals surface area contributed by atoms with Crippen LogP contribution in [0.1, 0.15) is 12.6 Å². The summed E-state index contributed by atoms with van der Waals surface area (Å²) in [5.74, 6) is 0. The number of hydrogen-bond donors (Lipinski definition) is 4. The van der Waals surface area contributed by atoms with Gasteiger partial charge in [-0.2, -0.15) is 5.10 Å². The minimum Gasteiger partial charge on any atom is -0.394 e. The van der Waals surface area contributed by atoms with Crippen molar-refractivity contribution in [2.24, 2.45) is 5.14 Å². The van der Waals surface area contributed by atoms with Crippen molar-refractivity contribution in [2.75, 3.05) is 13.2 Å². The molecule has 0 aromatic carbocycles. The average Bonchev–Trinajstić information content (AvgIpc) is 2.71. The summed E-state index contributed by atoms with van der Waals surface area (Å²) >= 11 is 0.950. The van der Waals surface area contributed by atoms with Gasteiger partial charge < -0.3 is 15.3 Å². The molecule has 86 valence electrons. The van der Waals surface area contributed by atoms with E-state index in [2.05, 4.69) is 5.10 Å². The van der Waals surface area contributed by atoms with E-state index in [9.17, 15) is 10.2 Å². The number of aliphatic hydroxyl groups excluding tert-OH is 3. The molecule has 1 aromatic heterocycles. The van der Waals surface area contributed by atoms with Crippen LogP contribution in [0.25, 0.3) is 0 Å². The molecule has 0 spiro atoms. The summed E-state index contributed by atoms with van der Waals surface area (Å²) in [6.45, 7) is 0.882. The van der Waals surface area contributed by atoms with E-state index >= 15 is 0 Å². The molecule has 6 nitrogen and oxygen atoms in total. The summed E-state index contributed by atoms with van der Waals surface area (Å²) < 4.78 is 1.40. The Morgan fingerprint density at radius 1 is 1.47 bits per heavy atom. The predicted octanol–water partition coefficient (Wildman–Crippen LogP) is -0.959. The quantitative estimate of drug-likeness (QED) is 0.488. The fraction of sp³-hybridized carbons (Fsp3) is 0.625. The first-order valence-corrected chi connectivity index (χ1v) is 5.28. The molecule has 0 saturated carbocycles. The molecule has 15 heavy (non-hydrogen) atoms. The highest BCUT2D eigenvalue weighted by Crippen LogP contribution is 2.21. The molecule has 7 heteroatoms. The van der Waals surface area contributed by atoms with Gasteiger partial charge in [0, 0.05) is 0 Å². The molecule has 1 rings (SSSR count). The molecule has 0 atom stereocenters. The van der Waals surface area contributed by atoms with Gasteiger partial charge in [0.2, 0.25) is 0 Å². The van der Waals surface area contributed by atoms with E-state index < -0.39 is 5.54 Å². The first kappa shape index (κ1) is 12.5. The number of aliphatic hydroxyl groups is 3. The van der Waals surface area contributed by atoms with Crippen LogP contribution in [-0.2, 0) is 12.1 Å². The van der Waals surface area contributed by atoms with Crippen LogP contribution >= 0.6 is 11.9 Å². The zero-order chi connectivity index (χ0) is 11.5. The van der Waals surface area contributed by atoms with Gasteiger partial charge in [-0.15, -0.1) is 0 Å². The Kier molecular flexibility index (Phi) is 4.12. The molecule has 0 bridgehead atoms. The molecule has 1 heterocycles. The lowest BCUT2D eigenvalue weighted by atomic mass is 10.1. The highest BCUT2D eigenvalue weighted by Gasteiger charge is 2.28. The van der Waals surface area contributed by atoms with Crippen LogP contribution in [0.4, 0.5) is 0 Å². The molecule has 1 aromatic rings. The second-order valence-corrected chi connectivity index (χ2v) is 4.13. The molecule has 0 aliphatic heterocycles. The van der Waals surface area contributed by atoms with Crippen molar-refractivity contribution < 1.29 is 15.3 Å². The lowest BCUT2D eigenvalue weighted by Crippen LogP contribution is -2.40. The Labute approximate surface area is 91.8 Å².